The van der Waals surface area contributed by atoms with Crippen molar-refractivity contribution in [2.24, 2.45) is 5.73 Å². The van der Waals surface area contributed by atoms with Crippen LogP contribution in [0.2, 0.25) is 0 Å². The molecule has 0 spiro atoms. The van der Waals surface area contributed by atoms with E-state index in [1.54, 1.807) is 31.6 Å². The van der Waals surface area contributed by atoms with Crippen LogP contribution in [0.5, 0.6) is 5.75 Å². The molecule has 0 fully saturated rings. The normalized spacial score (nSPS) is 9.74. The number of benzene rings is 1. The Morgan fingerprint density at radius 1 is 1.32 bits per heavy atom. The van der Waals surface area contributed by atoms with E-state index in [1.807, 2.05) is 12.1 Å². The van der Waals surface area contributed by atoms with E-state index < -0.39 is 0 Å². The fourth-order valence-corrected chi connectivity index (χ4v) is 1.66. The molecule has 0 unspecified atom stereocenters. The Balaban J connectivity index is 2.33. The molecule has 1 aromatic heterocycles. The first kappa shape index (κ1) is 12.8. The SMILES string of the molecule is CC(N)=[N+]=CCc1cc(-c2cncnc2)ccc1O. The average molecular weight is 255 g/mol. The van der Waals surface area contributed by atoms with Gasteiger partial charge in [0.2, 0.25) is 0 Å². The van der Waals surface area contributed by atoms with Gasteiger partial charge in [0.15, 0.2) is 6.21 Å². The van der Waals surface area contributed by atoms with E-state index in [-0.39, 0.29) is 5.75 Å². The van der Waals surface area contributed by atoms with Crippen molar-refractivity contribution in [2.75, 3.05) is 0 Å². The number of hydrogen-bond donors (Lipinski definition) is 2. The summed E-state index contributed by atoms with van der Waals surface area (Å²) in [5.41, 5.74) is 8.10. The van der Waals surface area contributed by atoms with Gasteiger partial charge in [0.05, 0.1) is 6.92 Å². The predicted molar refractivity (Wildman–Crippen MR) is 75.9 cm³/mol. The zero-order chi connectivity index (χ0) is 13.7. The molecule has 0 atom stereocenters. The highest BCUT2D eigenvalue weighted by Gasteiger charge is 2.05. The van der Waals surface area contributed by atoms with E-state index in [0.29, 0.717) is 12.3 Å². The van der Waals surface area contributed by atoms with E-state index in [9.17, 15) is 5.11 Å². The van der Waals surface area contributed by atoms with Gasteiger partial charge in [0, 0.05) is 29.9 Å². The number of phenols is 1. The lowest BCUT2D eigenvalue weighted by atomic mass is 10.0. The lowest BCUT2D eigenvalue weighted by Gasteiger charge is -2.04. The lowest BCUT2D eigenvalue weighted by molar-refractivity contribution is 0.470. The Kier molecular flexibility index (Phi) is 3.90. The van der Waals surface area contributed by atoms with Crippen molar-refractivity contribution in [1.82, 2.24) is 14.6 Å². The van der Waals surface area contributed by atoms with E-state index in [1.165, 1.54) is 6.33 Å². The Bertz CT molecular complexity index is 627. The summed E-state index contributed by atoms with van der Waals surface area (Å²) in [5, 5.41) is 9.82. The molecule has 3 N–H and O–H groups in total. The number of nitrogens with two attached hydrogens (primary N) is 1. The molecule has 0 radical (unpaired) electrons. The first-order chi connectivity index (χ1) is 9.16. The highest BCUT2D eigenvalue weighted by Crippen LogP contribution is 2.24. The maximum absolute atomic E-state index is 9.82. The number of nitrogens with zero attached hydrogens (tertiary/aromatic N) is 3. The summed E-state index contributed by atoms with van der Waals surface area (Å²) in [5.74, 6) is 0.730. The molecule has 0 saturated heterocycles. The fourth-order valence-electron chi connectivity index (χ4n) is 1.66. The van der Waals surface area contributed by atoms with E-state index in [0.717, 1.165) is 16.7 Å². The number of aromatic nitrogens is 2. The molecule has 0 bridgehead atoms. The van der Waals surface area contributed by atoms with E-state index in [2.05, 4.69) is 14.6 Å². The summed E-state index contributed by atoms with van der Waals surface area (Å²) in [6.45, 7) is 1.72. The summed E-state index contributed by atoms with van der Waals surface area (Å²) in [4.78, 5) is 7.96. The summed E-state index contributed by atoms with van der Waals surface area (Å²) in [6, 6.07) is 5.38. The lowest BCUT2D eigenvalue weighted by Crippen LogP contribution is -2.09. The second kappa shape index (κ2) is 5.80. The smallest absolute Gasteiger partial charge is 0.337 e. The van der Waals surface area contributed by atoms with Crippen molar-refractivity contribution in [3.8, 4) is 16.9 Å². The average Bonchev–Trinajstić information content (AvgIpc) is 2.41. The van der Waals surface area contributed by atoms with Crippen LogP contribution < -0.4 is 10.4 Å². The maximum atomic E-state index is 9.82. The Morgan fingerprint density at radius 2 is 2.05 bits per heavy atom. The third-order valence-electron chi connectivity index (χ3n) is 2.58. The van der Waals surface area contributed by atoms with Gasteiger partial charge in [-0.1, -0.05) is 6.07 Å². The monoisotopic (exact) mass is 255 g/mol. The molecule has 0 aliphatic rings. The summed E-state index contributed by atoms with van der Waals surface area (Å²) < 4.78 is 4.00. The van der Waals surface area contributed by atoms with Gasteiger partial charge in [-0.25, -0.2) is 14.6 Å². The zero-order valence-corrected chi connectivity index (χ0v) is 10.6. The highest BCUT2D eigenvalue weighted by atomic mass is 16.3. The van der Waals surface area contributed by atoms with Crippen molar-refractivity contribution < 1.29 is 5.11 Å². The second-order valence-electron chi connectivity index (χ2n) is 4.13. The Labute approximate surface area is 111 Å². The van der Waals surface area contributed by atoms with Crippen molar-refractivity contribution in [3.05, 3.63) is 42.5 Å². The van der Waals surface area contributed by atoms with Crippen molar-refractivity contribution in [1.29, 1.82) is 0 Å². The minimum Gasteiger partial charge on any atom is -0.508 e. The third-order valence-corrected chi connectivity index (χ3v) is 2.58. The van der Waals surface area contributed by atoms with Gasteiger partial charge in [-0.3, -0.25) is 5.73 Å². The highest BCUT2D eigenvalue weighted by molar-refractivity contribution is 5.80. The molecule has 0 amide bonds. The quantitative estimate of drug-likeness (QED) is 0.485. The molecule has 96 valence electrons. The number of rotatable bonds is 3. The molecule has 2 rings (SSSR count). The van der Waals surface area contributed by atoms with Gasteiger partial charge < -0.3 is 5.11 Å². The molecule has 1 heterocycles. The number of amidine groups is 1. The van der Waals surface area contributed by atoms with Gasteiger partial charge in [0.25, 0.3) is 0 Å². The molecule has 19 heavy (non-hydrogen) atoms. The van der Waals surface area contributed by atoms with E-state index in [4.69, 9.17) is 5.73 Å². The molecular formula is C14H15N4O+. The van der Waals surface area contributed by atoms with Crippen molar-refractivity contribution >= 4 is 12.1 Å². The topological polar surface area (TPSA) is 86.1 Å². The molecular weight excluding hydrogens is 240 g/mol. The van der Waals surface area contributed by atoms with Crippen LogP contribution in [0.3, 0.4) is 0 Å². The number of hydrogen-bond acceptors (Lipinski definition) is 3. The van der Waals surface area contributed by atoms with Gasteiger partial charge in [-0.15, -0.1) is 0 Å². The van der Waals surface area contributed by atoms with Crippen LogP contribution in [-0.2, 0) is 6.42 Å². The fraction of sp³-hybridized carbons (Fsp3) is 0.143. The zero-order valence-electron chi connectivity index (χ0n) is 10.6. The molecule has 5 nitrogen and oxygen atoms in total. The largest absolute Gasteiger partial charge is 0.508 e. The number of phenolic OH excluding ortho intramolecular Hbond substituents is 1. The van der Waals surface area contributed by atoms with Crippen LogP contribution in [0.4, 0.5) is 0 Å². The molecule has 2 aromatic rings. The Morgan fingerprint density at radius 3 is 2.74 bits per heavy atom. The predicted octanol–water partition coefficient (Wildman–Crippen LogP) is 0.907. The molecule has 0 aliphatic carbocycles. The van der Waals surface area contributed by atoms with Gasteiger partial charge in [-0.2, -0.15) is 0 Å². The van der Waals surface area contributed by atoms with Crippen LogP contribution in [0.1, 0.15) is 12.5 Å². The van der Waals surface area contributed by atoms with Crippen LogP contribution in [0.25, 0.3) is 11.1 Å². The van der Waals surface area contributed by atoms with Gasteiger partial charge in [-0.05, 0) is 17.7 Å². The Hall–Kier alpha value is -2.65. The standard InChI is InChI=1S/C14H14N4O/c1-10(15)18-5-4-12-6-11(2-3-14(12)19)13-7-16-9-17-8-13/h2-3,5-9,15,19H,4H2,1H3/p+1. The van der Waals surface area contributed by atoms with Crippen LogP contribution >= 0.6 is 0 Å². The van der Waals surface area contributed by atoms with Gasteiger partial charge in [0.1, 0.15) is 12.1 Å². The van der Waals surface area contributed by atoms with Crippen molar-refractivity contribution in [3.63, 3.8) is 0 Å². The first-order valence-corrected chi connectivity index (χ1v) is 5.85. The molecule has 0 aliphatic heterocycles. The second-order valence-corrected chi connectivity index (χ2v) is 4.13. The molecule has 5 heteroatoms. The maximum Gasteiger partial charge on any atom is 0.337 e. The van der Waals surface area contributed by atoms with Crippen LogP contribution in [0.15, 0.2) is 36.9 Å². The van der Waals surface area contributed by atoms with Gasteiger partial charge >= 0.3 is 5.84 Å². The van der Waals surface area contributed by atoms with E-state index >= 15 is 0 Å². The van der Waals surface area contributed by atoms with Crippen LogP contribution in [0, 0.1) is 0 Å². The summed E-state index contributed by atoms with van der Waals surface area (Å²) >= 11 is 0. The third kappa shape index (κ3) is 3.40. The molecule has 0 saturated carbocycles. The molecule has 1 aromatic carbocycles. The minimum atomic E-state index is 0.238. The number of aromatic hydroxyl groups is 1. The summed E-state index contributed by atoms with van der Waals surface area (Å²) in [6.07, 6.45) is 7.14. The first-order valence-electron chi connectivity index (χ1n) is 5.85. The summed E-state index contributed by atoms with van der Waals surface area (Å²) in [7, 11) is 0. The van der Waals surface area contributed by atoms with Crippen LogP contribution in [-0.4, -0.2) is 27.1 Å². The minimum absolute atomic E-state index is 0.238. The van der Waals surface area contributed by atoms with Crippen molar-refractivity contribution in [2.45, 2.75) is 13.3 Å².